The molecule has 1 aromatic carbocycles. The predicted octanol–water partition coefficient (Wildman–Crippen LogP) is 2.54. The number of sulfone groups is 1. The topological polar surface area (TPSA) is 66.4 Å². The molecule has 0 fully saturated rings. The Morgan fingerprint density at radius 3 is 2.14 bits per heavy atom. The van der Waals surface area contributed by atoms with Crippen LogP contribution in [-0.2, 0) is 9.84 Å². The highest BCUT2D eigenvalue weighted by molar-refractivity contribution is 7.91. The lowest BCUT2D eigenvalue weighted by molar-refractivity contribution is 0.237. The maximum atomic E-state index is 11.8. The zero-order valence-corrected chi connectivity index (χ0v) is 14.2. The van der Waals surface area contributed by atoms with Gasteiger partial charge in [0.05, 0.1) is 10.6 Å². The summed E-state index contributed by atoms with van der Waals surface area (Å²) in [6, 6.07) is 7.41. The van der Waals surface area contributed by atoms with Crippen molar-refractivity contribution in [2.75, 3.05) is 12.4 Å². The summed E-state index contributed by atoms with van der Waals surface area (Å²) in [5, 5.41) is 12.6. The zero-order valence-electron chi connectivity index (χ0n) is 13.3. The summed E-state index contributed by atoms with van der Waals surface area (Å²) < 4.78 is 23.6. The van der Waals surface area contributed by atoms with Crippen LogP contribution in [0.2, 0.25) is 0 Å². The van der Waals surface area contributed by atoms with Gasteiger partial charge < -0.3 is 10.4 Å². The molecule has 120 valence electrons. The Bertz CT molecular complexity index is 523. The summed E-state index contributed by atoms with van der Waals surface area (Å²) in [5.74, 6) is 0.547. The van der Waals surface area contributed by atoms with Gasteiger partial charge in [0.1, 0.15) is 0 Å². The molecule has 4 nitrogen and oxygen atoms in total. The third-order valence-corrected chi connectivity index (χ3v) is 5.58. The average Bonchev–Trinajstić information content (AvgIpc) is 2.46. The van der Waals surface area contributed by atoms with E-state index in [-0.39, 0.29) is 24.4 Å². The van der Waals surface area contributed by atoms with Crippen LogP contribution < -0.4 is 5.32 Å². The summed E-state index contributed by atoms with van der Waals surface area (Å²) in [7, 11) is -3.14. The fraction of sp³-hybridized carbons (Fsp3) is 0.625. The molecule has 5 heteroatoms. The molecule has 21 heavy (non-hydrogen) atoms. The van der Waals surface area contributed by atoms with E-state index in [0.29, 0.717) is 17.2 Å². The minimum Gasteiger partial charge on any atom is -0.396 e. The summed E-state index contributed by atoms with van der Waals surface area (Å²) in [4.78, 5) is 0.372. The van der Waals surface area contributed by atoms with E-state index in [2.05, 4.69) is 26.1 Å². The van der Waals surface area contributed by atoms with Gasteiger partial charge in [-0.1, -0.05) is 32.9 Å². The van der Waals surface area contributed by atoms with Crippen molar-refractivity contribution in [2.24, 2.45) is 5.92 Å². The van der Waals surface area contributed by atoms with Crippen LogP contribution in [0.5, 0.6) is 0 Å². The second-order valence-electron chi connectivity index (χ2n) is 5.72. The Hall–Kier alpha value is -0.910. The monoisotopic (exact) mass is 313 g/mol. The van der Waals surface area contributed by atoms with Crippen LogP contribution in [0.15, 0.2) is 29.2 Å². The number of benzene rings is 1. The molecular formula is C16H27NO3S. The molecule has 0 radical (unpaired) electrons. The zero-order chi connectivity index (χ0) is 16.0. The molecule has 0 aliphatic rings. The van der Waals surface area contributed by atoms with Gasteiger partial charge in [0.15, 0.2) is 9.84 Å². The molecule has 2 N–H and O–H groups in total. The van der Waals surface area contributed by atoms with Crippen molar-refractivity contribution in [3.63, 3.8) is 0 Å². The summed E-state index contributed by atoms with van der Waals surface area (Å²) >= 11 is 0. The summed E-state index contributed by atoms with van der Waals surface area (Å²) in [6.07, 6.45) is 0.713. The van der Waals surface area contributed by atoms with Crippen molar-refractivity contribution in [3.8, 4) is 0 Å². The number of rotatable bonds is 8. The molecule has 2 atom stereocenters. The lowest BCUT2D eigenvalue weighted by Gasteiger charge is -2.26. The van der Waals surface area contributed by atoms with Gasteiger partial charge >= 0.3 is 0 Å². The number of aliphatic hydroxyl groups excluding tert-OH is 1. The first-order valence-electron chi connectivity index (χ1n) is 7.51. The fourth-order valence-corrected chi connectivity index (χ4v) is 3.18. The predicted molar refractivity (Wildman–Crippen MR) is 86.0 cm³/mol. The number of hydrogen-bond donors (Lipinski definition) is 2. The minimum absolute atomic E-state index is 0.113. The van der Waals surface area contributed by atoms with Crippen molar-refractivity contribution in [2.45, 2.75) is 51.1 Å². The van der Waals surface area contributed by atoms with Crippen LogP contribution in [0.25, 0.3) is 0 Å². The van der Waals surface area contributed by atoms with E-state index in [4.69, 9.17) is 5.11 Å². The van der Waals surface area contributed by atoms with Crippen molar-refractivity contribution in [1.29, 1.82) is 0 Å². The molecule has 0 aromatic heterocycles. The van der Waals surface area contributed by atoms with Crippen LogP contribution in [0.1, 0.15) is 45.7 Å². The number of aliphatic hydroxyl groups is 1. The third-order valence-electron chi connectivity index (χ3n) is 3.83. The van der Waals surface area contributed by atoms with E-state index in [1.165, 1.54) is 0 Å². The Kier molecular flexibility index (Phi) is 6.84. The highest BCUT2D eigenvalue weighted by Crippen LogP contribution is 2.19. The van der Waals surface area contributed by atoms with E-state index in [0.717, 1.165) is 5.56 Å². The molecule has 0 aliphatic carbocycles. The Morgan fingerprint density at radius 1 is 1.14 bits per heavy atom. The lowest BCUT2D eigenvalue weighted by Crippen LogP contribution is -2.36. The first-order chi connectivity index (χ1) is 9.81. The van der Waals surface area contributed by atoms with Crippen molar-refractivity contribution < 1.29 is 13.5 Å². The number of nitrogens with one attached hydrogen (secondary N) is 1. The van der Waals surface area contributed by atoms with Gasteiger partial charge in [0.25, 0.3) is 0 Å². The molecule has 0 aliphatic heterocycles. The highest BCUT2D eigenvalue weighted by Gasteiger charge is 2.17. The fourth-order valence-electron chi connectivity index (χ4n) is 2.30. The minimum atomic E-state index is -3.14. The summed E-state index contributed by atoms with van der Waals surface area (Å²) in [6.45, 7) is 8.11. The highest BCUT2D eigenvalue weighted by atomic mass is 32.2. The molecule has 0 amide bonds. The van der Waals surface area contributed by atoms with E-state index in [9.17, 15) is 8.42 Å². The van der Waals surface area contributed by atoms with E-state index < -0.39 is 9.84 Å². The molecule has 2 unspecified atom stereocenters. The van der Waals surface area contributed by atoms with Crippen molar-refractivity contribution in [1.82, 2.24) is 5.32 Å². The molecule has 1 aromatic rings. The van der Waals surface area contributed by atoms with E-state index >= 15 is 0 Å². The number of hydrogen-bond acceptors (Lipinski definition) is 4. The smallest absolute Gasteiger partial charge is 0.178 e. The van der Waals surface area contributed by atoms with Gasteiger partial charge in [-0.05, 0) is 37.0 Å². The van der Waals surface area contributed by atoms with Gasteiger partial charge in [0, 0.05) is 18.7 Å². The Labute approximate surface area is 128 Å². The molecular weight excluding hydrogens is 286 g/mol. The molecule has 1 rings (SSSR count). The first kappa shape index (κ1) is 18.1. The van der Waals surface area contributed by atoms with Crippen LogP contribution in [0.3, 0.4) is 0 Å². The largest absolute Gasteiger partial charge is 0.396 e. The standard InChI is InChI=1S/C16H27NO3S/c1-5-21(19,20)15-8-6-14(7-9-15)13(4)17-16(10-11-18)12(2)3/h6-9,12-13,16-18H,5,10-11H2,1-4H3. The van der Waals surface area contributed by atoms with E-state index in [1.54, 1.807) is 19.1 Å². The normalized spacial score (nSPS) is 15.1. The molecule has 0 heterocycles. The van der Waals surface area contributed by atoms with Crippen LogP contribution in [-0.4, -0.2) is 31.9 Å². The quantitative estimate of drug-likeness (QED) is 0.774. The SMILES string of the molecule is CCS(=O)(=O)c1ccc(C(C)NC(CCO)C(C)C)cc1. The lowest BCUT2D eigenvalue weighted by atomic mass is 9.99. The van der Waals surface area contributed by atoms with Gasteiger partial charge in [-0.25, -0.2) is 8.42 Å². The van der Waals surface area contributed by atoms with Crippen LogP contribution in [0.4, 0.5) is 0 Å². The molecule has 0 saturated heterocycles. The van der Waals surface area contributed by atoms with E-state index in [1.807, 2.05) is 12.1 Å². The molecule has 0 saturated carbocycles. The maximum absolute atomic E-state index is 11.8. The first-order valence-corrected chi connectivity index (χ1v) is 9.16. The van der Waals surface area contributed by atoms with Gasteiger partial charge in [-0.3, -0.25) is 0 Å². The van der Waals surface area contributed by atoms with Gasteiger partial charge in [0.2, 0.25) is 0 Å². The molecule has 0 spiro atoms. The van der Waals surface area contributed by atoms with Crippen LogP contribution >= 0.6 is 0 Å². The Balaban J connectivity index is 2.82. The second-order valence-corrected chi connectivity index (χ2v) is 8.00. The Morgan fingerprint density at radius 2 is 1.71 bits per heavy atom. The summed E-state index contributed by atoms with van der Waals surface area (Å²) in [5.41, 5.74) is 1.05. The average molecular weight is 313 g/mol. The van der Waals surface area contributed by atoms with Crippen LogP contribution in [0, 0.1) is 5.92 Å². The second kappa shape index (κ2) is 7.92. The van der Waals surface area contributed by atoms with Gasteiger partial charge in [-0.2, -0.15) is 0 Å². The van der Waals surface area contributed by atoms with Crippen molar-refractivity contribution >= 4 is 9.84 Å². The van der Waals surface area contributed by atoms with Gasteiger partial charge in [-0.15, -0.1) is 0 Å². The third kappa shape index (κ3) is 5.09. The maximum Gasteiger partial charge on any atom is 0.178 e. The van der Waals surface area contributed by atoms with Crippen molar-refractivity contribution in [3.05, 3.63) is 29.8 Å². The molecule has 0 bridgehead atoms.